The molecule has 3 N–H and O–H groups in total. The number of aromatic nitrogens is 1. The molecule has 1 aromatic rings. The molecule has 0 radical (unpaired) electrons. The lowest BCUT2D eigenvalue weighted by atomic mass is 9.94. The lowest BCUT2D eigenvalue weighted by molar-refractivity contribution is 0.120. The molecule has 1 aliphatic carbocycles. The molecule has 19 heavy (non-hydrogen) atoms. The van der Waals surface area contributed by atoms with Crippen molar-refractivity contribution in [3.8, 4) is 0 Å². The molecule has 2 rings (SSSR count). The Morgan fingerprint density at radius 1 is 1.26 bits per heavy atom. The molecule has 0 aromatic carbocycles. The van der Waals surface area contributed by atoms with Crippen molar-refractivity contribution in [2.75, 3.05) is 12.4 Å². The van der Waals surface area contributed by atoms with Crippen LogP contribution in [0.25, 0.3) is 0 Å². The van der Waals surface area contributed by atoms with E-state index in [1.165, 1.54) is 12.3 Å². The number of hydrogen-bond acceptors (Lipinski definition) is 5. The van der Waals surface area contributed by atoms with Gasteiger partial charge in [-0.3, -0.25) is 0 Å². The van der Waals surface area contributed by atoms with E-state index in [2.05, 4.69) is 15.0 Å². The minimum absolute atomic E-state index is 0.0997. The van der Waals surface area contributed by atoms with Gasteiger partial charge in [-0.2, -0.15) is 0 Å². The van der Waals surface area contributed by atoms with Crippen molar-refractivity contribution in [1.29, 1.82) is 0 Å². The largest absolute Gasteiger partial charge is 0.393 e. The smallest absolute Gasteiger partial charge is 0.242 e. The van der Waals surface area contributed by atoms with E-state index in [0.717, 1.165) is 0 Å². The Labute approximate surface area is 113 Å². The summed E-state index contributed by atoms with van der Waals surface area (Å²) in [4.78, 5) is 4.16. The van der Waals surface area contributed by atoms with Gasteiger partial charge >= 0.3 is 0 Å². The summed E-state index contributed by atoms with van der Waals surface area (Å²) in [5, 5.41) is 12.2. The number of pyridine rings is 1. The van der Waals surface area contributed by atoms with Crippen LogP contribution in [-0.4, -0.2) is 37.7 Å². The van der Waals surface area contributed by atoms with Gasteiger partial charge in [-0.15, -0.1) is 0 Å². The maximum absolute atomic E-state index is 12.1. The second kappa shape index (κ2) is 5.85. The van der Waals surface area contributed by atoms with Crippen LogP contribution in [0.1, 0.15) is 25.7 Å². The Morgan fingerprint density at radius 3 is 2.47 bits per heavy atom. The van der Waals surface area contributed by atoms with Gasteiger partial charge in [-0.25, -0.2) is 18.1 Å². The van der Waals surface area contributed by atoms with Crippen LogP contribution in [0.3, 0.4) is 0 Å². The molecular formula is C12H19N3O3S. The molecule has 0 saturated heterocycles. The van der Waals surface area contributed by atoms with E-state index in [1.54, 1.807) is 13.1 Å². The lowest BCUT2D eigenvalue weighted by Crippen LogP contribution is -2.38. The quantitative estimate of drug-likeness (QED) is 0.757. The van der Waals surface area contributed by atoms with E-state index in [9.17, 15) is 13.5 Å². The van der Waals surface area contributed by atoms with Crippen molar-refractivity contribution in [3.63, 3.8) is 0 Å². The Morgan fingerprint density at radius 2 is 1.95 bits per heavy atom. The second-order valence-electron chi connectivity index (χ2n) is 4.76. The van der Waals surface area contributed by atoms with Gasteiger partial charge in [0.05, 0.1) is 6.10 Å². The zero-order chi connectivity index (χ0) is 13.9. The summed E-state index contributed by atoms with van der Waals surface area (Å²) in [6.07, 6.45) is 3.67. The molecule has 1 heterocycles. The van der Waals surface area contributed by atoms with Gasteiger partial charge in [0.1, 0.15) is 10.7 Å². The highest BCUT2D eigenvalue weighted by Crippen LogP contribution is 2.20. The molecule has 1 aliphatic rings. The first-order valence-electron chi connectivity index (χ1n) is 6.35. The molecule has 0 spiro atoms. The lowest BCUT2D eigenvalue weighted by Gasteiger charge is -2.25. The summed E-state index contributed by atoms with van der Waals surface area (Å²) in [6.45, 7) is 0. The number of nitrogens with zero attached hydrogens (tertiary/aromatic N) is 1. The Hall–Kier alpha value is -1.18. The normalized spacial score (nSPS) is 24.1. The number of rotatable bonds is 4. The third kappa shape index (κ3) is 3.65. The molecule has 0 bridgehead atoms. The average molecular weight is 285 g/mol. The molecule has 1 fully saturated rings. The first-order chi connectivity index (χ1) is 9.01. The first kappa shape index (κ1) is 14.2. The third-order valence-corrected chi connectivity index (χ3v) is 4.83. The first-order valence-corrected chi connectivity index (χ1v) is 7.84. The maximum atomic E-state index is 12.1. The van der Waals surface area contributed by atoms with Crippen LogP contribution >= 0.6 is 0 Å². The zero-order valence-electron chi connectivity index (χ0n) is 10.8. The van der Waals surface area contributed by atoms with Crippen LogP contribution in [-0.2, 0) is 10.0 Å². The van der Waals surface area contributed by atoms with E-state index in [1.807, 2.05) is 0 Å². The highest BCUT2D eigenvalue weighted by Gasteiger charge is 2.24. The van der Waals surface area contributed by atoms with Crippen molar-refractivity contribution >= 4 is 15.8 Å². The standard InChI is InChI=1S/C12H19N3O3S/c1-13-12-7-6-11(8-14-12)19(17,18)15-9-2-4-10(16)5-3-9/h6-10,15-16H,2-5H2,1H3,(H,13,14). The average Bonchev–Trinajstić information content (AvgIpc) is 2.41. The van der Waals surface area contributed by atoms with E-state index in [0.29, 0.717) is 31.5 Å². The van der Waals surface area contributed by atoms with Crippen molar-refractivity contribution in [2.24, 2.45) is 0 Å². The van der Waals surface area contributed by atoms with Crippen LogP contribution in [0, 0.1) is 0 Å². The minimum atomic E-state index is -3.52. The number of nitrogens with one attached hydrogen (secondary N) is 2. The second-order valence-corrected chi connectivity index (χ2v) is 6.47. The summed E-state index contributed by atoms with van der Waals surface area (Å²) in [6, 6.07) is 3.05. The highest BCUT2D eigenvalue weighted by atomic mass is 32.2. The molecular weight excluding hydrogens is 266 g/mol. The van der Waals surface area contributed by atoms with E-state index >= 15 is 0 Å². The number of aliphatic hydroxyl groups excluding tert-OH is 1. The fourth-order valence-electron chi connectivity index (χ4n) is 2.17. The fraction of sp³-hybridized carbons (Fsp3) is 0.583. The highest BCUT2D eigenvalue weighted by molar-refractivity contribution is 7.89. The van der Waals surface area contributed by atoms with Crippen molar-refractivity contribution in [1.82, 2.24) is 9.71 Å². The predicted molar refractivity (Wildman–Crippen MR) is 72.4 cm³/mol. The van der Waals surface area contributed by atoms with E-state index < -0.39 is 10.0 Å². The monoisotopic (exact) mass is 285 g/mol. The summed E-state index contributed by atoms with van der Waals surface area (Å²) in [7, 11) is -1.80. The summed E-state index contributed by atoms with van der Waals surface area (Å²) in [5.41, 5.74) is 0. The van der Waals surface area contributed by atoms with Gasteiger partial charge in [-0.1, -0.05) is 0 Å². The Balaban J connectivity index is 2.05. The molecule has 6 nitrogen and oxygen atoms in total. The summed E-state index contributed by atoms with van der Waals surface area (Å²) < 4.78 is 27.0. The zero-order valence-corrected chi connectivity index (χ0v) is 11.7. The maximum Gasteiger partial charge on any atom is 0.242 e. The SMILES string of the molecule is CNc1ccc(S(=O)(=O)NC2CCC(O)CC2)cn1. The van der Waals surface area contributed by atoms with Gasteiger partial charge < -0.3 is 10.4 Å². The van der Waals surface area contributed by atoms with E-state index in [-0.39, 0.29) is 17.0 Å². The molecule has 1 aromatic heterocycles. The Kier molecular flexibility index (Phi) is 4.38. The Bertz CT molecular complexity index is 508. The van der Waals surface area contributed by atoms with Crippen molar-refractivity contribution in [2.45, 2.75) is 42.7 Å². The van der Waals surface area contributed by atoms with Gasteiger partial charge in [-0.05, 0) is 37.8 Å². The predicted octanol–water partition coefficient (Wildman–Crippen LogP) is 0.705. The molecule has 0 aliphatic heterocycles. The number of hydrogen-bond donors (Lipinski definition) is 3. The number of anilines is 1. The van der Waals surface area contributed by atoms with Crippen LogP contribution in [0.15, 0.2) is 23.2 Å². The van der Waals surface area contributed by atoms with Crippen molar-refractivity contribution < 1.29 is 13.5 Å². The molecule has 7 heteroatoms. The molecule has 0 atom stereocenters. The van der Waals surface area contributed by atoms with Crippen LogP contribution in [0.4, 0.5) is 5.82 Å². The van der Waals surface area contributed by atoms with Crippen LogP contribution < -0.4 is 10.0 Å². The topological polar surface area (TPSA) is 91.3 Å². The minimum Gasteiger partial charge on any atom is -0.393 e. The summed E-state index contributed by atoms with van der Waals surface area (Å²) in [5.74, 6) is 0.625. The number of sulfonamides is 1. The van der Waals surface area contributed by atoms with Crippen LogP contribution in [0.5, 0.6) is 0 Å². The molecule has 1 saturated carbocycles. The van der Waals surface area contributed by atoms with E-state index in [4.69, 9.17) is 0 Å². The molecule has 0 amide bonds. The fourth-order valence-corrected chi connectivity index (χ4v) is 3.42. The third-order valence-electron chi connectivity index (χ3n) is 3.32. The van der Waals surface area contributed by atoms with Crippen molar-refractivity contribution in [3.05, 3.63) is 18.3 Å². The molecule has 106 valence electrons. The summed E-state index contributed by atoms with van der Waals surface area (Å²) >= 11 is 0. The van der Waals surface area contributed by atoms with Gasteiger partial charge in [0.15, 0.2) is 0 Å². The van der Waals surface area contributed by atoms with Gasteiger partial charge in [0.25, 0.3) is 0 Å². The number of aliphatic hydroxyl groups is 1. The van der Waals surface area contributed by atoms with Gasteiger partial charge in [0.2, 0.25) is 10.0 Å². The molecule has 0 unspecified atom stereocenters. The van der Waals surface area contributed by atoms with Gasteiger partial charge in [0, 0.05) is 19.3 Å². The van der Waals surface area contributed by atoms with Crippen LogP contribution in [0.2, 0.25) is 0 Å².